The van der Waals surface area contributed by atoms with Crippen molar-refractivity contribution in [3.8, 4) is 0 Å². The number of rotatable bonds is 4. The van der Waals surface area contributed by atoms with Gasteiger partial charge in [-0.2, -0.15) is 10.1 Å². The van der Waals surface area contributed by atoms with Crippen molar-refractivity contribution >= 4 is 5.91 Å². The third-order valence-corrected chi connectivity index (χ3v) is 4.21. The predicted octanol–water partition coefficient (Wildman–Crippen LogP) is 2.10. The van der Waals surface area contributed by atoms with E-state index >= 15 is 0 Å². The summed E-state index contributed by atoms with van der Waals surface area (Å²) in [5.41, 5.74) is 0.821. The van der Waals surface area contributed by atoms with Gasteiger partial charge in [0.1, 0.15) is 0 Å². The number of aryl methyl sites for hydroxylation is 1. The second-order valence-corrected chi connectivity index (χ2v) is 6.41. The van der Waals surface area contributed by atoms with Gasteiger partial charge in [0.15, 0.2) is 5.82 Å². The Morgan fingerprint density at radius 3 is 2.96 bits per heavy atom. The Bertz CT molecular complexity index is 676. The Labute approximate surface area is 135 Å². The molecule has 0 bridgehead atoms. The summed E-state index contributed by atoms with van der Waals surface area (Å²) in [6.07, 6.45) is 4.22. The molecule has 7 heteroatoms. The van der Waals surface area contributed by atoms with Crippen molar-refractivity contribution in [1.82, 2.24) is 24.8 Å². The highest BCUT2D eigenvalue weighted by Crippen LogP contribution is 2.25. The van der Waals surface area contributed by atoms with Gasteiger partial charge in [0.25, 0.3) is 0 Å². The first-order valence-corrected chi connectivity index (χ1v) is 8.15. The van der Waals surface area contributed by atoms with Crippen molar-refractivity contribution in [3.63, 3.8) is 0 Å². The van der Waals surface area contributed by atoms with Crippen LogP contribution in [0, 0.1) is 6.92 Å². The third-order valence-electron chi connectivity index (χ3n) is 4.21. The smallest absolute Gasteiger partial charge is 0.228 e. The number of carbonyl (C=O) groups excluding carboxylic acids is 1. The highest BCUT2D eigenvalue weighted by molar-refractivity contribution is 5.78. The van der Waals surface area contributed by atoms with Crippen LogP contribution in [0.5, 0.6) is 0 Å². The normalized spacial score (nSPS) is 18.6. The fourth-order valence-electron chi connectivity index (χ4n) is 2.92. The summed E-state index contributed by atoms with van der Waals surface area (Å²) < 4.78 is 6.94. The molecule has 1 fully saturated rings. The van der Waals surface area contributed by atoms with Crippen molar-refractivity contribution < 1.29 is 9.32 Å². The molecule has 0 unspecified atom stereocenters. The maximum absolute atomic E-state index is 12.5. The number of piperidine rings is 1. The van der Waals surface area contributed by atoms with Crippen LogP contribution in [0.25, 0.3) is 0 Å². The second kappa shape index (κ2) is 6.52. The van der Waals surface area contributed by atoms with E-state index in [0.717, 1.165) is 25.1 Å². The maximum Gasteiger partial charge on any atom is 0.228 e. The molecular formula is C16H23N5O2. The number of amides is 1. The average molecular weight is 317 g/mol. The fourth-order valence-corrected chi connectivity index (χ4v) is 2.92. The van der Waals surface area contributed by atoms with E-state index in [1.165, 1.54) is 0 Å². The second-order valence-electron chi connectivity index (χ2n) is 6.41. The van der Waals surface area contributed by atoms with E-state index in [9.17, 15) is 4.79 Å². The van der Waals surface area contributed by atoms with Gasteiger partial charge >= 0.3 is 0 Å². The van der Waals surface area contributed by atoms with Crippen LogP contribution in [0.1, 0.15) is 56.1 Å². The van der Waals surface area contributed by atoms with Crippen LogP contribution < -0.4 is 0 Å². The Morgan fingerprint density at radius 1 is 1.48 bits per heavy atom. The zero-order valence-electron chi connectivity index (χ0n) is 13.9. The van der Waals surface area contributed by atoms with Crippen LogP contribution in [0.2, 0.25) is 0 Å². The molecule has 0 aliphatic carbocycles. The number of hydrogen-bond donors (Lipinski definition) is 0. The molecule has 0 spiro atoms. The number of hydrogen-bond acceptors (Lipinski definition) is 5. The summed E-state index contributed by atoms with van der Waals surface area (Å²) in [5.74, 6) is 1.56. The summed E-state index contributed by atoms with van der Waals surface area (Å²) in [4.78, 5) is 18.7. The van der Waals surface area contributed by atoms with Crippen LogP contribution in [0.4, 0.5) is 0 Å². The molecule has 2 aromatic rings. The Morgan fingerprint density at radius 2 is 2.30 bits per heavy atom. The minimum atomic E-state index is 0.115. The van der Waals surface area contributed by atoms with Crippen LogP contribution in [0.15, 0.2) is 16.8 Å². The lowest BCUT2D eigenvalue weighted by atomic mass is 9.97. The summed E-state index contributed by atoms with van der Waals surface area (Å²) in [7, 11) is 0. The van der Waals surface area contributed by atoms with E-state index in [2.05, 4.69) is 29.1 Å². The van der Waals surface area contributed by atoms with Crippen LogP contribution in [-0.2, 0) is 11.2 Å². The van der Waals surface area contributed by atoms with Gasteiger partial charge in [0.2, 0.25) is 11.8 Å². The molecule has 3 heterocycles. The monoisotopic (exact) mass is 317 g/mol. The molecule has 0 N–H and O–H groups in total. The van der Waals surface area contributed by atoms with Crippen LogP contribution >= 0.6 is 0 Å². The van der Waals surface area contributed by atoms with Gasteiger partial charge in [-0.05, 0) is 32.8 Å². The van der Waals surface area contributed by atoms with Crippen LogP contribution in [0.3, 0.4) is 0 Å². The minimum absolute atomic E-state index is 0.115. The van der Waals surface area contributed by atoms with Gasteiger partial charge in [-0.1, -0.05) is 5.16 Å². The Kier molecular flexibility index (Phi) is 4.45. The van der Waals surface area contributed by atoms with Crippen molar-refractivity contribution in [2.24, 2.45) is 0 Å². The topological polar surface area (TPSA) is 77.1 Å². The van der Waals surface area contributed by atoms with Gasteiger partial charge in [-0.3, -0.25) is 9.48 Å². The summed E-state index contributed by atoms with van der Waals surface area (Å²) in [5, 5.41) is 8.45. The highest BCUT2D eigenvalue weighted by atomic mass is 16.5. The lowest BCUT2D eigenvalue weighted by molar-refractivity contribution is -0.131. The SMILES string of the molecule is Cc1nc([C@@H]2CCCN(C(=O)Cc3ccn(C(C)C)n3)C2)no1. The van der Waals surface area contributed by atoms with Crippen molar-refractivity contribution in [3.05, 3.63) is 29.7 Å². The predicted molar refractivity (Wildman–Crippen MR) is 83.9 cm³/mol. The number of nitrogens with zero attached hydrogens (tertiary/aromatic N) is 5. The fraction of sp³-hybridized carbons (Fsp3) is 0.625. The lowest BCUT2D eigenvalue weighted by Crippen LogP contribution is -2.40. The average Bonchev–Trinajstić information content (AvgIpc) is 3.16. The Hall–Kier alpha value is -2.18. The molecule has 3 rings (SSSR count). The van der Waals surface area contributed by atoms with E-state index in [4.69, 9.17) is 4.52 Å². The number of carbonyl (C=O) groups is 1. The molecule has 1 aliphatic heterocycles. The minimum Gasteiger partial charge on any atom is -0.342 e. The van der Waals surface area contributed by atoms with Gasteiger partial charge in [-0.25, -0.2) is 0 Å². The summed E-state index contributed by atoms with van der Waals surface area (Å²) in [6.45, 7) is 7.37. The van der Waals surface area contributed by atoms with Gasteiger partial charge in [0.05, 0.1) is 12.1 Å². The van der Waals surface area contributed by atoms with E-state index in [-0.39, 0.29) is 11.8 Å². The van der Waals surface area contributed by atoms with Crippen molar-refractivity contribution in [2.45, 2.75) is 52.0 Å². The molecule has 0 saturated carbocycles. The first-order chi connectivity index (χ1) is 11.0. The first-order valence-electron chi connectivity index (χ1n) is 8.15. The molecule has 2 aromatic heterocycles. The van der Waals surface area contributed by atoms with E-state index < -0.39 is 0 Å². The molecule has 1 aliphatic rings. The molecule has 124 valence electrons. The zero-order chi connectivity index (χ0) is 16.4. The molecular weight excluding hydrogens is 294 g/mol. The molecule has 1 atom stereocenters. The van der Waals surface area contributed by atoms with Gasteiger partial charge < -0.3 is 9.42 Å². The summed E-state index contributed by atoms with van der Waals surface area (Å²) in [6, 6.07) is 2.22. The standard InChI is InChI=1S/C16H23N5O2/c1-11(2)21-8-6-14(18-21)9-15(22)20-7-4-5-13(10-20)16-17-12(3)23-19-16/h6,8,11,13H,4-5,7,9-10H2,1-3H3/t13-/m1/s1. The largest absolute Gasteiger partial charge is 0.342 e. The van der Waals surface area contributed by atoms with Crippen molar-refractivity contribution in [2.75, 3.05) is 13.1 Å². The molecule has 1 amide bonds. The third kappa shape index (κ3) is 3.60. The Balaban J connectivity index is 1.62. The van der Waals surface area contributed by atoms with Crippen molar-refractivity contribution in [1.29, 1.82) is 0 Å². The van der Waals surface area contributed by atoms with Gasteiger partial charge in [-0.15, -0.1) is 0 Å². The maximum atomic E-state index is 12.5. The first kappa shape index (κ1) is 15.7. The van der Waals surface area contributed by atoms with E-state index in [1.807, 2.05) is 21.8 Å². The number of aromatic nitrogens is 4. The molecule has 0 radical (unpaired) electrons. The zero-order valence-corrected chi connectivity index (χ0v) is 13.9. The number of likely N-dealkylation sites (tertiary alicyclic amines) is 1. The molecule has 1 saturated heterocycles. The molecule has 23 heavy (non-hydrogen) atoms. The molecule has 0 aromatic carbocycles. The molecule has 7 nitrogen and oxygen atoms in total. The van der Waals surface area contributed by atoms with E-state index in [1.54, 1.807) is 6.92 Å². The lowest BCUT2D eigenvalue weighted by Gasteiger charge is -2.31. The quantitative estimate of drug-likeness (QED) is 0.863. The van der Waals surface area contributed by atoms with Gasteiger partial charge in [0, 0.05) is 38.2 Å². The van der Waals surface area contributed by atoms with E-state index in [0.29, 0.717) is 30.7 Å². The highest BCUT2D eigenvalue weighted by Gasteiger charge is 2.28. The van der Waals surface area contributed by atoms with Crippen LogP contribution in [-0.4, -0.2) is 43.8 Å². The summed E-state index contributed by atoms with van der Waals surface area (Å²) >= 11 is 0.